The second-order valence-corrected chi connectivity index (χ2v) is 8.95. The quantitative estimate of drug-likeness (QED) is 0.566. The highest BCUT2D eigenvalue weighted by molar-refractivity contribution is 6.36. The normalized spacial score (nSPS) is 16.6. The molecule has 0 bridgehead atoms. The molecule has 2 aromatic heterocycles. The summed E-state index contributed by atoms with van der Waals surface area (Å²) in [6.45, 7) is 3.31. The van der Waals surface area contributed by atoms with Gasteiger partial charge in [-0.1, -0.05) is 35.3 Å². The Morgan fingerprint density at radius 2 is 1.91 bits per heavy atom. The summed E-state index contributed by atoms with van der Waals surface area (Å²) in [5.74, 6) is -0.820. The number of halogens is 2. The third-order valence-corrected chi connectivity index (χ3v) is 6.80. The standard InChI is InChI=1S/C23H24Cl2N4O3/c1-14(20(26)30)29-12-17(19-18(25)6-9-27-21(19)29)22(31)28-13-23(7-10-32-11-8-23)15-2-4-16(24)5-3-15/h2-6,9,12,14H,7-8,10-11,13H2,1H3,(H2,26,30)(H,28,31). The molecule has 4 rings (SSSR count). The van der Waals surface area contributed by atoms with E-state index in [1.54, 1.807) is 23.8 Å². The van der Waals surface area contributed by atoms with E-state index in [0.717, 1.165) is 18.4 Å². The van der Waals surface area contributed by atoms with Crippen LogP contribution in [0, 0.1) is 0 Å². The van der Waals surface area contributed by atoms with Gasteiger partial charge in [0, 0.05) is 42.6 Å². The van der Waals surface area contributed by atoms with E-state index >= 15 is 0 Å². The van der Waals surface area contributed by atoms with Crippen LogP contribution in [0.4, 0.5) is 0 Å². The van der Waals surface area contributed by atoms with Gasteiger partial charge in [0.05, 0.1) is 16.0 Å². The average molecular weight is 475 g/mol. The number of ether oxygens (including phenoxy) is 1. The first-order valence-electron chi connectivity index (χ1n) is 10.4. The molecule has 1 atom stereocenters. The maximum atomic E-state index is 13.3. The molecule has 2 amide bonds. The van der Waals surface area contributed by atoms with Crippen molar-refractivity contribution in [1.29, 1.82) is 0 Å². The van der Waals surface area contributed by atoms with Gasteiger partial charge in [-0.3, -0.25) is 9.59 Å². The van der Waals surface area contributed by atoms with Crippen LogP contribution in [0.15, 0.2) is 42.7 Å². The monoisotopic (exact) mass is 474 g/mol. The zero-order valence-corrected chi connectivity index (χ0v) is 19.1. The van der Waals surface area contributed by atoms with Gasteiger partial charge in [-0.05, 0) is 43.5 Å². The van der Waals surface area contributed by atoms with Gasteiger partial charge in [-0.15, -0.1) is 0 Å². The number of hydrogen-bond acceptors (Lipinski definition) is 4. The fraction of sp³-hybridized carbons (Fsp3) is 0.348. The first kappa shape index (κ1) is 22.6. The molecular formula is C23H24Cl2N4O3. The van der Waals surface area contributed by atoms with Crippen LogP contribution in [0.5, 0.6) is 0 Å². The molecule has 0 saturated carbocycles. The Bertz CT molecular complexity index is 1150. The molecule has 7 nitrogen and oxygen atoms in total. The second kappa shape index (κ2) is 9.10. The Hall–Kier alpha value is -2.61. The lowest BCUT2D eigenvalue weighted by Crippen LogP contribution is -2.44. The number of benzene rings is 1. The van der Waals surface area contributed by atoms with Gasteiger partial charge in [-0.2, -0.15) is 0 Å². The number of fused-ring (bicyclic) bond motifs is 1. The highest BCUT2D eigenvalue weighted by Crippen LogP contribution is 2.35. The number of rotatable bonds is 6. The molecule has 1 saturated heterocycles. The van der Waals surface area contributed by atoms with E-state index in [-0.39, 0.29) is 11.3 Å². The third-order valence-electron chi connectivity index (χ3n) is 6.23. The van der Waals surface area contributed by atoms with Gasteiger partial charge in [0.25, 0.3) is 5.91 Å². The Labute approximate surface area is 195 Å². The number of pyridine rings is 1. The van der Waals surface area contributed by atoms with Crippen LogP contribution in [-0.4, -0.2) is 41.1 Å². The Morgan fingerprint density at radius 3 is 2.56 bits per heavy atom. The van der Waals surface area contributed by atoms with Crippen molar-refractivity contribution in [2.45, 2.75) is 31.2 Å². The summed E-state index contributed by atoms with van der Waals surface area (Å²) in [4.78, 5) is 29.4. The summed E-state index contributed by atoms with van der Waals surface area (Å²) in [7, 11) is 0. The van der Waals surface area contributed by atoms with Crippen LogP contribution in [0.2, 0.25) is 10.0 Å². The van der Waals surface area contributed by atoms with E-state index in [0.29, 0.717) is 46.4 Å². The van der Waals surface area contributed by atoms with Crippen molar-refractivity contribution in [2.75, 3.05) is 19.8 Å². The average Bonchev–Trinajstić information content (AvgIpc) is 3.19. The van der Waals surface area contributed by atoms with Crippen LogP contribution in [0.25, 0.3) is 11.0 Å². The number of nitrogens with two attached hydrogens (primary N) is 1. The van der Waals surface area contributed by atoms with Gasteiger partial charge in [0.1, 0.15) is 11.7 Å². The Kier molecular flexibility index (Phi) is 6.42. The molecule has 168 valence electrons. The number of carbonyl (C=O) groups is 2. The predicted molar refractivity (Wildman–Crippen MR) is 124 cm³/mol. The summed E-state index contributed by atoms with van der Waals surface area (Å²) < 4.78 is 7.16. The van der Waals surface area contributed by atoms with Gasteiger partial charge in [-0.25, -0.2) is 4.98 Å². The molecule has 1 unspecified atom stereocenters. The maximum absolute atomic E-state index is 13.3. The van der Waals surface area contributed by atoms with Crippen molar-refractivity contribution in [3.8, 4) is 0 Å². The molecule has 1 aliphatic rings. The molecule has 1 fully saturated rings. The molecule has 9 heteroatoms. The minimum absolute atomic E-state index is 0.264. The van der Waals surface area contributed by atoms with Crippen LogP contribution in [0.3, 0.4) is 0 Å². The molecule has 1 aliphatic heterocycles. The summed E-state index contributed by atoms with van der Waals surface area (Å²) in [5.41, 5.74) is 7.12. The largest absolute Gasteiger partial charge is 0.381 e. The molecular weight excluding hydrogens is 451 g/mol. The van der Waals surface area contributed by atoms with E-state index in [1.165, 1.54) is 6.20 Å². The highest BCUT2D eigenvalue weighted by atomic mass is 35.5. The van der Waals surface area contributed by atoms with E-state index in [2.05, 4.69) is 10.3 Å². The molecule has 0 aliphatic carbocycles. The van der Waals surface area contributed by atoms with Crippen LogP contribution in [0.1, 0.15) is 41.7 Å². The zero-order valence-electron chi connectivity index (χ0n) is 17.6. The number of nitrogens with one attached hydrogen (secondary N) is 1. The summed E-state index contributed by atoms with van der Waals surface area (Å²) in [6.07, 6.45) is 4.68. The topological polar surface area (TPSA) is 99.2 Å². The van der Waals surface area contributed by atoms with Crippen molar-refractivity contribution in [2.24, 2.45) is 5.73 Å². The number of primary amides is 1. The van der Waals surface area contributed by atoms with Gasteiger partial charge in [0.2, 0.25) is 5.91 Å². The lowest BCUT2D eigenvalue weighted by atomic mass is 9.74. The van der Waals surface area contributed by atoms with E-state index in [1.807, 2.05) is 24.3 Å². The summed E-state index contributed by atoms with van der Waals surface area (Å²) in [6, 6.07) is 8.66. The molecule has 0 spiro atoms. The first-order valence-corrected chi connectivity index (χ1v) is 11.1. The lowest BCUT2D eigenvalue weighted by Gasteiger charge is -2.38. The molecule has 3 aromatic rings. The van der Waals surface area contributed by atoms with Crippen molar-refractivity contribution in [1.82, 2.24) is 14.9 Å². The highest BCUT2D eigenvalue weighted by Gasteiger charge is 2.35. The number of amides is 2. The lowest BCUT2D eigenvalue weighted by molar-refractivity contribution is -0.120. The minimum Gasteiger partial charge on any atom is -0.381 e. The summed E-state index contributed by atoms with van der Waals surface area (Å²) >= 11 is 12.5. The van der Waals surface area contributed by atoms with Crippen LogP contribution < -0.4 is 11.1 Å². The van der Waals surface area contributed by atoms with E-state index < -0.39 is 11.9 Å². The van der Waals surface area contributed by atoms with Gasteiger partial charge in [0.15, 0.2) is 0 Å². The van der Waals surface area contributed by atoms with Crippen molar-refractivity contribution in [3.63, 3.8) is 0 Å². The predicted octanol–water partition coefficient (Wildman–Crippen LogP) is 3.87. The number of nitrogens with zero attached hydrogens (tertiary/aromatic N) is 2. The van der Waals surface area contributed by atoms with Crippen LogP contribution in [-0.2, 0) is 14.9 Å². The molecule has 0 radical (unpaired) electrons. The molecule has 32 heavy (non-hydrogen) atoms. The SMILES string of the molecule is CC(C(N)=O)n1cc(C(=O)NCC2(c3ccc(Cl)cc3)CCOCC2)c2c(Cl)ccnc21. The van der Waals surface area contributed by atoms with Crippen molar-refractivity contribution in [3.05, 3.63) is 63.9 Å². The van der Waals surface area contributed by atoms with E-state index in [9.17, 15) is 9.59 Å². The van der Waals surface area contributed by atoms with E-state index in [4.69, 9.17) is 33.7 Å². The number of hydrogen-bond donors (Lipinski definition) is 2. The summed E-state index contributed by atoms with van der Waals surface area (Å²) in [5, 5.41) is 4.62. The molecule has 3 N–H and O–H groups in total. The fourth-order valence-corrected chi connectivity index (χ4v) is 4.59. The van der Waals surface area contributed by atoms with Gasteiger partial charge < -0.3 is 20.4 Å². The number of aromatic nitrogens is 2. The smallest absolute Gasteiger partial charge is 0.253 e. The molecule has 1 aromatic carbocycles. The molecule has 3 heterocycles. The van der Waals surface area contributed by atoms with Gasteiger partial charge >= 0.3 is 0 Å². The van der Waals surface area contributed by atoms with Crippen LogP contribution >= 0.6 is 23.2 Å². The Morgan fingerprint density at radius 1 is 1.22 bits per heavy atom. The Balaban J connectivity index is 1.66. The van der Waals surface area contributed by atoms with Crippen molar-refractivity contribution < 1.29 is 14.3 Å². The first-order chi connectivity index (χ1) is 15.3. The minimum atomic E-state index is -0.680. The zero-order chi connectivity index (χ0) is 22.9. The van der Waals surface area contributed by atoms with Crippen molar-refractivity contribution >= 4 is 46.0 Å². The second-order valence-electron chi connectivity index (χ2n) is 8.10. The maximum Gasteiger partial charge on any atom is 0.253 e. The third kappa shape index (κ3) is 4.20. The number of carbonyl (C=O) groups excluding carboxylic acids is 2. The fourth-order valence-electron chi connectivity index (χ4n) is 4.22.